The quantitative estimate of drug-likeness (QED) is 0.824. The average Bonchev–Trinajstić information content (AvgIpc) is 2.35. The Kier molecular flexibility index (Phi) is 5.05. The molecule has 0 amide bonds. The van der Waals surface area contributed by atoms with E-state index in [2.05, 4.69) is 42.9 Å². The van der Waals surface area contributed by atoms with Crippen molar-refractivity contribution in [1.82, 2.24) is 15.1 Å². The van der Waals surface area contributed by atoms with Gasteiger partial charge in [0.2, 0.25) is 0 Å². The Balaban J connectivity index is 1.82. The van der Waals surface area contributed by atoms with E-state index in [1.54, 1.807) is 0 Å². The highest BCUT2D eigenvalue weighted by Gasteiger charge is 2.35. The van der Waals surface area contributed by atoms with E-state index in [9.17, 15) is 0 Å². The van der Waals surface area contributed by atoms with Crippen LogP contribution < -0.4 is 5.32 Å². The van der Waals surface area contributed by atoms with Gasteiger partial charge in [-0.3, -0.25) is 4.90 Å². The topological polar surface area (TPSA) is 18.5 Å². The highest BCUT2D eigenvalue weighted by atomic mass is 15.2. The SMILES string of the molecule is CC(C)NCC(C)N1CCC2C(CCCN2C)C1. The van der Waals surface area contributed by atoms with E-state index in [4.69, 9.17) is 0 Å². The lowest BCUT2D eigenvalue weighted by atomic mass is 9.84. The molecular formula is C15H31N3. The minimum absolute atomic E-state index is 0.603. The Morgan fingerprint density at radius 3 is 2.67 bits per heavy atom. The normalized spacial score (nSPS) is 32.5. The van der Waals surface area contributed by atoms with Crippen LogP contribution in [0.15, 0.2) is 0 Å². The minimum atomic E-state index is 0.603. The molecule has 2 aliphatic heterocycles. The molecule has 2 fully saturated rings. The summed E-state index contributed by atoms with van der Waals surface area (Å²) in [6, 6.07) is 2.15. The summed E-state index contributed by atoms with van der Waals surface area (Å²) in [5.41, 5.74) is 0. The third kappa shape index (κ3) is 3.46. The van der Waals surface area contributed by atoms with Crippen molar-refractivity contribution in [2.45, 2.75) is 58.2 Å². The fourth-order valence-electron chi connectivity index (χ4n) is 3.62. The molecule has 3 unspecified atom stereocenters. The maximum absolute atomic E-state index is 3.57. The molecule has 3 atom stereocenters. The van der Waals surface area contributed by atoms with Gasteiger partial charge in [0.15, 0.2) is 0 Å². The first-order chi connectivity index (χ1) is 8.58. The van der Waals surface area contributed by atoms with Gasteiger partial charge in [0, 0.05) is 31.2 Å². The predicted octanol–water partition coefficient (Wildman–Crippen LogP) is 1.79. The Morgan fingerprint density at radius 1 is 1.17 bits per heavy atom. The van der Waals surface area contributed by atoms with Crippen LogP contribution in [-0.4, -0.2) is 61.2 Å². The number of nitrogens with zero attached hydrogens (tertiary/aromatic N) is 2. The van der Waals surface area contributed by atoms with Gasteiger partial charge in [-0.25, -0.2) is 0 Å². The zero-order valence-corrected chi connectivity index (χ0v) is 12.7. The summed E-state index contributed by atoms with van der Waals surface area (Å²) in [4.78, 5) is 5.30. The van der Waals surface area contributed by atoms with Crippen LogP contribution in [0.5, 0.6) is 0 Å². The molecule has 0 aromatic rings. The molecule has 0 saturated carbocycles. The second kappa shape index (κ2) is 6.36. The van der Waals surface area contributed by atoms with E-state index >= 15 is 0 Å². The zero-order valence-electron chi connectivity index (χ0n) is 12.7. The first kappa shape index (κ1) is 14.3. The van der Waals surface area contributed by atoms with Crippen LogP contribution in [0.2, 0.25) is 0 Å². The maximum atomic E-state index is 3.57. The molecule has 18 heavy (non-hydrogen) atoms. The molecule has 3 nitrogen and oxygen atoms in total. The summed E-state index contributed by atoms with van der Waals surface area (Å²) in [5, 5.41) is 3.57. The van der Waals surface area contributed by atoms with Crippen molar-refractivity contribution < 1.29 is 0 Å². The van der Waals surface area contributed by atoms with Gasteiger partial charge in [0.1, 0.15) is 0 Å². The Labute approximate surface area is 113 Å². The zero-order chi connectivity index (χ0) is 13.1. The number of fused-ring (bicyclic) bond motifs is 1. The van der Waals surface area contributed by atoms with Crippen LogP contribution in [-0.2, 0) is 0 Å². The van der Waals surface area contributed by atoms with Gasteiger partial charge >= 0.3 is 0 Å². The van der Waals surface area contributed by atoms with E-state index in [1.807, 2.05) is 0 Å². The number of rotatable bonds is 4. The smallest absolute Gasteiger partial charge is 0.0192 e. The number of piperidine rings is 2. The van der Waals surface area contributed by atoms with E-state index in [0.717, 1.165) is 18.5 Å². The van der Waals surface area contributed by atoms with Crippen molar-refractivity contribution in [2.24, 2.45) is 5.92 Å². The fraction of sp³-hybridized carbons (Fsp3) is 1.00. The molecule has 0 aromatic carbocycles. The predicted molar refractivity (Wildman–Crippen MR) is 77.9 cm³/mol. The van der Waals surface area contributed by atoms with Gasteiger partial charge in [-0.15, -0.1) is 0 Å². The van der Waals surface area contributed by atoms with Crippen molar-refractivity contribution in [3.63, 3.8) is 0 Å². The van der Waals surface area contributed by atoms with Crippen LogP contribution in [0, 0.1) is 5.92 Å². The van der Waals surface area contributed by atoms with Crippen molar-refractivity contribution in [2.75, 3.05) is 33.2 Å². The van der Waals surface area contributed by atoms with E-state index in [-0.39, 0.29) is 0 Å². The first-order valence-corrected chi connectivity index (χ1v) is 7.75. The molecule has 3 heteroatoms. The number of hydrogen-bond acceptors (Lipinski definition) is 3. The summed E-state index contributed by atoms with van der Waals surface area (Å²) >= 11 is 0. The molecule has 2 heterocycles. The fourth-order valence-corrected chi connectivity index (χ4v) is 3.62. The van der Waals surface area contributed by atoms with Gasteiger partial charge in [-0.1, -0.05) is 13.8 Å². The van der Waals surface area contributed by atoms with Crippen LogP contribution in [0.25, 0.3) is 0 Å². The summed E-state index contributed by atoms with van der Waals surface area (Å²) < 4.78 is 0. The van der Waals surface area contributed by atoms with Gasteiger partial charge in [0.25, 0.3) is 0 Å². The molecule has 0 aliphatic carbocycles. The molecule has 0 spiro atoms. The summed E-state index contributed by atoms with van der Waals surface area (Å²) in [6.45, 7) is 11.9. The van der Waals surface area contributed by atoms with Crippen LogP contribution in [0.1, 0.15) is 40.0 Å². The molecule has 2 saturated heterocycles. The number of likely N-dealkylation sites (tertiary alicyclic amines) is 2. The second-order valence-corrected chi connectivity index (χ2v) is 6.65. The molecule has 2 aliphatic rings. The van der Waals surface area contributed by atoms with Gasteiger partial charge in [-0.05, 0) is 52.2 Å². The van der Waals surface area contributed by atoms with Crippen LogP contribution >= 0.6 is 0 Å². The summed E-state index contributed by atoms with van der Waals surface area (Å²) in [6.07, 6.45) is 4.20. The molecule has 2 rings (SSSR count). The van der Waals surface area contributed by atoms with Gasteiger partial charge < -0.3 is 10.2 Å². The standard InChI is InChI=1S/C15H31N3/c1-12(2)16-10-13(3)18-9-7-15-14(11-18)6-5-8-17(15)4/h12-16H,5-11H2,1-4H3. The van der Waals surface area contributed by atoms with Gasteiger partial charge in [0.05, 0.1) is 0 Å². The van der Waals surface area contributed by atoms with Crippen LogP contribution in [0.4, 0.5) is 0 Å². The van der Waals surface area contributed by atoms with E-state index < -0.39 is 0 Å². The maximum Gasteiger partial charge on any atom is 0.0192 e. The monoisotopic (exact) mass is 253 g/mol. The Morgan fingerprint density at radius 2 is 1.94 bits per heavy atom. The van der Waals surface area contributed by atoms with E-state index in [1.165, 1.54) is 38.9 Å². The molecule has 1 N–H and O–H groups in total. The van der Waals surface area contributed by atoms with Gasteiger partial charge in [-0.2, -0.15) is 0 Å². The molecule has 0 aromatic heterocycles. The summed E-state index contributed by atoms with van der Waals surface area (Å²) in [5.74, 6) is 0.916. The third-order valence-electron chi connectivity index (χ3n) is 4.82. The van der Waals surface area contributed by atoms with E-state index in [0.29, 0.717) is 12.1 Å². The van der Waals surface area contributed by atoms with Crippen molar-refractivity contribution >= 4 is 0 Å². The average molecular weight is 253 g/mol. The largest absolute Gasteiger partial charge is 0.313 e. The van der Waals surface area contributed by atoms with Crippen LogP contribution in [0.3, 0.4) is 0 Å². The highest BCUT2D eigenvalue weighted by molar-refractivity contribution is 4.90. The molecule has 0 radical (unpaired) electrons. The van der Waals surface area contributed by atoms with Crippen molar-refractivity contribution in [1.29, 1.82) is 0 Å². The molecule has 106 valence electrons. The lowest BCUT2D eigenvalue weighted by molar-refractivity contribution is 0.0231. The molecule has 0 bridgehead atoms. The number of nitrogens with one attached hydrogen (secondary N) is 1. The number of hydrogen-bond donors (Lipinski definition) is 1. The lowest BCUT2D eigenvalue weighted by Crippen LogP contribution is -2.55. The summed E-state index contributed by atoms with van der Waals surface area (Å²) in [7, 11) is 2.32. The van der Waals surface area contributed by atoms with Crippen molar-refractivity contribution in [3.8, 4) is 0 Å². The molecular weight excluding hydrogens is 222 g/mol. The highest BCUT2D eigenvalue weighted by Crippen LogP contribution is 2.30. The first-order valence-electron chi connectivity index (χ1n) is 7.75. The Hall–Kier alpha value is -0.120. The Bertz CT molecular complexity index is 254. The lowest BCUT2D eigenvalue weighted by Gasteiger charge is -2.47. The van der Waals surface area contributed by atoms with Crippen molar-refractivity contribution in [3.05, 3.63) is 0 Å². The minimum Gasteiger partial charge on any atom is -0.313 e. The third-order valence-corrected chi connectivity index (χ3v) is 4.82. The second-order valence-electron chi connectivity index (χ2n) is 6.65.